The van der Waals surface area contributed by atoms with Crippen LogP contribution < -0.4 is 5.32 Å². The minimum atomic E-state index is 0.802. The van der Waals surface area contributed by atoms with E-state index in [2.05, 4.69) is 54.3 Å². The third-order valence-corrected chi connectivity index (χ3v) is 3.02. The molecule has 2 rings (SSSR count). The number of anilines is 1. The molecule has 0 saturated heterocycles. The van der Waals surface area contributed by atoms with Gasteiger partial charge in [0.05, 0.1) is 0 Å². The highest BCUT2D eigenvalue weighted by Crippen LogP contribution is 2.22. The molecule has 2 aromatic rings. The number of aryl methyl sites for hydroxylation is 3. The van der Waals surface area contributed by atoms with Gasteiger partial charge < -0.3 is 5.32 Å². The molecule has 94 valence electrons. The number of hydrogen-bond donors (Lipinski definition) is 1. The summed E-state index contributed by atoms with van der Waals surface area (Å²) in [5.74, 6) is 1.67. The number of nitrogens with one attached hydrogen (secondary N) is 1. The lowest BCUT2D eigenvalue weighted by molar-refractivity contribution is 1.00. The second kappa shape index (κ2) is 5.17. The fourth-order valence-electron chi connectivity index (χ4n) is 1.99. The van der Waals surface area contributed by atoms with Crippen molar-refractivity contribution in [2.24, 2.45) is 0 Å². The van der Waals surface area contributed by atoms with Gasteiger partial charge in [-0.1, -0.05) is 30.7 Å². The second-order valence-corrected chi connectivity index (χ2v) is 4.49. The van der Waals surface area contributed by atoms with E-state index in [0.717, 1.165) is 29.3 Å². The molecule has 3 nitrogen and oxygen atoms in total. The zero-order valence-electron chi connectivity index (χ0n) is 11.4. The molecule has 1 heterocycles. The summed E-state index contributed by atoms with van der Waals surface area (Å²) in [6, 6.07) is 8.35. The van der Waals surface area contributed by atoms with Crippen LogP contribution in [0.2, 0.25) is 0 Å². The Morgan fingerprint density at radius 2 is 1.89 bits per heavy atom. The van der Waals surface area contributed by atoms with Crippen molar-refractivity contribution in [3.05, 3.63) is 41.1 Å². The Hall–Kier alpha value is -1.90. The van der Waals surface area contributed by atoms with Gasteiger partial charge in [-0.3, -0.25) is 0 Å². The van der Waals surface area contributed by atoms with Gasteiger partial charge in [0.1, 0.15) is 5.82 Å². The van der Waals surface area contributed by atoms with E-state index in [1.807, 2.05) is 13.1 Å². The molecule has 1 aromatic carbocycles. The molecular weight excluding hydrogens is 222 g/mol. The van der Waals surface area contributed by atoms with Crippen LogP contribution in [0.1, 0.15) is 23.7 Å². The molecule has 0 amide bonds. The molecule has 0 atom stereocenters. The third-order valence-electron chi connectivity index (χ3n) is 3.02. The molecule has 0 aliphatic rings. The molecular formula is C15H19N3. The van der Waals surface area contributed by atoms with Gasteiger partial charge in [0.15, 0.2) is 5.82 Å². The smallest absolute Gasteiger partial charge is 0.162 e. The van der Waals surface area contributed by atoms with Crippen LogP contribution in [-0.4, -0.2) is 17.0 Å². The Morgan fingerprint density at radius 3 is 2.50 bits per heavy atom. The quantitative estimate of drug-likeness (QED) is 0.895. The van der Waals surface area contributed by atoms with Crippen LogP contribution in [0.4, 0.5) is 5.82 Å². The van der Waals surface area contributed by atoms with E-state index in [1.54, 1.807) is 0 Å². The van der Waals surface area contributed by atoms with Crippen LogP contribution in [0.5, 0.6) is 0 Å². The Kier molecular flexibility index (Phi) is 3.60. The third kappa shape index (κ3) is 2.50. The van der Waals surface area contributed by atoms with Crippen molar-refractivity contribution in [2.75, 3.05) is 12.4 Å². The van der Waals surface area contributed by atoms with E-state index in [1.165, 1.54) is 11.1 Å². The van der Waals surface area contributed by atoms with Gasteiger partial charge in [-0.2, -0.15) is 0 Å². The highest BCUT2D eigenvalue weighted by molar-refractivity contribution is 5.62. The lowest BCUT2D eigenvalue weighted by Crippen LogP contribution is -2.01. The molecule has 0 unspecified atom stereocenters. The fraction of sp³-hybridized carbons (Fsp3) is 0.333. The zero-order valence-corrected chi connectivity index (χ0v) is 11.4. The molecule has 1 aromatic heterocycles. The summed E-state index contributed by atoms with van der Waals surface area (Å²) in [6.45, 7) is 6.30. The van der Waals surface area contributed by atoms with Gasteiger partial charge in [-0.15, -0.1) is 0 Å². The number of aromatic nitrogens is 2. The van der Waals surface area contributed by atoms with Gasteiger partial charge in [-0.25, -0.2) is 9.97 Å². The van der Waals surface area contributed by atoms with E-state index in [-0.39, 0.29) is 0 Å². The topological polar surface area (TPSA) is 37.8 Å². The molecule has 0 saturated carbocycles. The summed E-state index contributed by atoms with van der Waals surface area (Å²) in [6.07, 6.45) is 0.912. The van der Waals surface area contributed by atoms with Gasteiger partial charge >= 0.3 is 0 Å². The number of rotatable bonds is 3. The van der Waals surface area contributed by atoms with Gasteiger partial charge in [0.25, 0.3) is 0 Å². The summed E-state index contributed by atoms with van der Waals surface area (Å²) in [5.41, 5.74) is 4.64. The second-order valence-electron chi connectivity index (χ2n) is 4.49. The zero-order chi connectivity index (χ0) is 13.1. The van der Waals surface area contributed by atoms with Crippen LogP contribution in [0.15, 0.2) is 24.3 Å². The van der Waals surface area contributed by atoms with Crippen molar-refractivity contribution in [3.8, 4) is 11.4 Å². The summed E-state index contributed by atoms with van der Waals surface area (Å²) in [4.78, 5) is 9.15. The SMILES string of the molecule is CCc1cc(NC)nc(-c2ccc(C)cc2C)n1. The molecule has 3 heteroatoms. The monoisotopic (exact) mass is 241 g/mol. The fourth-order valence-corrected chi connectivity index (χ4v) is 1.99. The van der Waals surface area contributed by atoms with E-state index in [4.69, 9.17) is 0 Å². The van der Waals surface area contributed by atoms with Crippen molar-refractivity contribution < 1.29 is 0 Å². The van der Waals surface area contributed by atoms with Crippen LogP contribution in [-0.2, 0) is 6.42 Å². The molecule has 0 radical (unpaired) electrons. The predicted molar refractivity (Wildman–Crippen MR) is 75.9 cm³/mol. The number of nitrogens with zero attached hydrogens (tertiary/aromatic N) is 2. The minimum Gasteiger partial charge on any atom is -0.373 e. The average molecular weight is 241 g/mol. The first-order chi connectivity index (χ1) is 8.63. The molecule has 0 spiro atoms. The van der Waals surface area contributed by atoms with Crippen molar-refractivity contribution in [2.45, 2.75) is 27.2 Å². The largest absolute Gasteiger partial charge is 0.373 e. The van der Waals surface area contributed by atoms with Crippen LogP contribution >= 0.6 is 0 Å². The number of hydrogen-bond acceptors (Lipinski definition) is 3. The Labute approximate surface area is 108 Å². The van der Waals surface area contributed by atoms with Gasteiger partial charge in [-0.05, 0) is 25.8 Å². The molecule has 0 aliphatic carbocycles. The maximum Gasteiger partial charge on any atom is 0.162 e. The van der Waals surface area contributed by atoms with Crippen molar-refractivity contribution in [3.63, 3.8) is 0 Å². The van der Waals surface area contributed by atoms with Crippen LogP contribution in [0, 0.1) is 13.8 Å². The van der Waals surface area contributed by atoms with E-state index < -0.39 is 0 Å². The lowest BCUT2D eigenvalue weighted by Gasteiger charge is -2.09. The molecule has 0 bridgehead atoms. The molecule has 0 fully saturated rings. The summed E-state index contributed by atoms with van der Waals surface area (Å²) < 4.78 is 0. The van der Waals surface area contributed by atoms with Crippen molar-refractivity contribution in [1.82, 2.24) is 9.97 Å². The highest BCUT2D eigenvalue weighted by Gasteiger charge is 2.08. The Balaban J connectivity index is 2.55. The maximum absolute atomic E-state index is 4.61. The van der Waals surface area contributed by atoms with Crippen molar-refractivity contribution >= 4 is 5.82 Å². The normalized spacial score (nSPS) is 10.4. The minimum absolute atomic E-state index is 0.802. The van der Waals surface area contributed by atoms with Crippen LogP contribution in [0.3, 0.4) is 0 Å². The standard InChI is InChI=1S/C15H19N3/c1-5-12-9-14(16-4)18-15(17-12)13-7-6-10(2)8-11(13)3/h6-9H,5H2,1-4H3,(H,16,17,18). The van der Waals surface area contributed by atoms with Crippen LogP contribution in [0.25, 0.3) is 11.4 Å². The molecule has 1 N–H and O–H groups in total. The molecule has 0 aliphatic heterocycles. The van der Waals surface area contributed by atoms with E-state index in [9.17, 15) is 0 Å². The first-order valence-corrected chi connectivity index (χ1v) is 6.27. The Bertz CT molecular complexity index is 539. The highest BCUT2D eigenvalue weighted by atomic mass is 15.0. The lowest BCUT2D eigenvalue weighted by atomic mass is 10.1. The summed E-state index contributed by atoms with van der Waals surface area (Å²) >= 11 is 0. The maximum atomic E-state index is 4.61. The summed E-state index contributed by atoms with van der Waals surface area (Å²) in [7, 11) is 1.88. The van der Waals surface area contributed by atoms with Gasteiger partial charge in [0.2, 0.25) is 0 Å². The van der Waals surface area contributed by atoms with E-state index in [0.29, 0.717) is 0 Å². The predicted octanol–water partition coefficient (Wildman–Crippen LogP) is 3.36. The van der Waals surface area contributed by atoms with Gasteiger partial charge in [0, 0.05) is 24.4 Å². The average Bonchev–Trinajstić information content (AvgIpc) is 2.38. The first kappa shape index (κ1) is 12.6. The first-order valence-electron chi connectivity index (χ1n) is 6.27. The Morgan fingerprint density at radius 1 is 1.11 bits per heavy atom. The molecule has 18 heavy (non-hydrogen) atoms. The summed E-state index contributed by atoms with van der Waals surface area (Å²) in [5, 5.41) is 3.09. The number of benzene rings is 1. The van der Waals surface area contributed by atoms with Crippen molar-refractivity contribution in [1.29, 1.82) is 0 Å². The van der Waals surface area contributed by atoms with E-state index >= 15 is 0 Å².